The zero-order chi connectivity index (χ0) is 12.2. The van der Waals surface area contributed by atoms with Crippen molar-refractivity contribution in [3.05, 3.63) is 0 Å². The first-order chi connectivity index (χ1) is 7.74. The van der Waals surface area contributed by atoms with Crippen LogP contribution in [0.1, 0.15) is 33.6 Å². The highest BCUT2D eigenvalue weighted by Gasteiger charge is 1.99. The number of carbonyl (C=O) groups is 1. The molecule has 0 heterocycles. The standard InChI is InChI=1S/C12H27N3O/c1-4-14-12(16)8-10-13-9-7-11-15(5-2)6-3/h13H,4-11H2,1-3H3,(H,14,16). The van der Waals surface area contributed by atoms with Crippen molar-refractivity contribution in [1.82, 2.24) is 15.5 Å². The molecule has 1 amide bonds. The van der Waals surface area contributed by atoms with Gasteiger partial charge in [0.1, 0.15) is 0 Å². The van der Waals surface area contributed by atoms with Crippen molar-refractivity contribution in [2.45, 2.75) is 33.6 Å². The molecule has 0 aromatic heterocycles. The van der Waals surface area contributed by atoms with Gasteiger partial charge >= 0.3 is 0 Å². The van der Waals surface area contributed by atoms with Gasteiger partial charge in [-0.3, -0.25) is 4.79 Å². The summed E-state index contributed by atoms with van der Waals surface area (Å²) < 4.78 is 0. The molecule has 0 fully saturated rings. The second-order valence-electron chi connectivity index (χ2n) is 3.83. The van der Waals surface area contributed by atoms with Crippen LogP contribution in [0.4, 0.5) is 0 Å². The monoisotopic (exact) mass is 229 g/mol. The Bertz CT molecular complexity index is 170. The predicted molar refractivity (Wildman–Crippen MR) is 68.6 cm³/mol. The summed E-state index contributed by atoms with van der Waals surface area (Å²) in [6.45, 7) is 12.2. The minimum absolute atomic E-state index is 0.138. The van der Waals surface area contributed by atoms with Crippen molar-refractivity contribution in [3.63, 3.8) is 0 Å². The Morgan fingerprint density at radius 2 is 1.81 bits per heavy atom. The van der Waals surface area contributed by atoms with Crippen molar-refractivity contribution < 1.29 is 4.79 Å². The summed E-state index contributed by atoms with van der Waals surface area (Å²) >= 11 is 0. The number of hydrogen-bond acceptors (Lipinski definition) is 3. The van der Waals surface area contributed by atoms with Crippen LogP contribution in [0.25, 0.3) is 0 Å². The van der Waals surface area contributed by atoms with E-state index in [1.54, 1.807) is 0 Å². The molecule has 0 aromatic carbocycles. The molecule has 0 rings (SSSR count). The lowest BCUT2D eigenvalue weighted by Crippen LogP contribution is -2.30. The van der Waals surface area contributed by atoms with Gasteiger partial charge in [0.05, 0.1) is 0 Å². The molecule has 4 heteroatoms. The van der Waals surface area contributed by atoms with Gasteiger partial charge in [0.25, 0.3) is 0 Å². The summed E-state index contributed by atoms with van der Waals surface area (Å²) in [5.74, 6) is 0.138. The third-order valence-electron chi connectivity index (χ3n) is 2.63. The molecule has 0 aliphatic rings. The molecule has 16 heavy (non-hydrogen) atoms. The van der Waals surface area contributed by atoms with Gasteiger partial charge in [0, 0.05) is 19.5 Å². The number of hydrogen-bond donors (Lipinski definition) is 2. The molecule has 0 unspecified atom stereocenters. The van der Waals surface area contributed by atoms with Crippen LogP contribution in [0.3, 0.4) is 0 Å². The van der Waals surface area contributed by atoms with Gasteiger partial charge in [-0.25, -0.2) is 0 Å². The maximum absolute atomic E-state index is 11.1. The molecular formula is C12H27N3O. The fraction of sp³-hybridized carbons (Fsp3) is 0.917. The Kier molecular flexibility index (Phi) is 10.5. The first-order valence-electron chi connectivity index (χ1n) is 6.44. The van der Waals surface area contributed by atoms with E-state index in [1.807, 2.05) is 6.92 Å². The number of amides is 1. The molecule has 0 radical (unpaired) electrons. The number of rotatable bonds is 10. The largest absolute Gasteiger partial charge is 0.356 e. The van der Waals surface area contributed by atoms with E-state index < -0.39 is 0 Å². The van der Waals surface area contributed by atoms with E-state index in [4.69, 9.17) is 0 Å². The zero-order valence-corrected chi connectivity index (χ0v) is 11.0. The highest BCUT2D eigenvalue weighted by Crippen LogP contribution is 1.89. The predicted octanol–water partition coefficient (Wildman–Crippen LogP) is 0.834. The Hall–Kier alpha value is -0.610. The first-order valence-corrected chi connectivity index (χ1v) is 6.44. The smallest absolute Gasteiger partial charge is 0.221 e. The first kappa shape index (κ1) is 15.4. The van der Waals surface area contributed by atoms with E-state index >= 15 is 0 Å². The second-order valence-corrected chi connectivity index (χ2v) is 3.83. The highest BCUT2D eigenvalue weighted by atomic mass is 16.1. The molecule has 0 saturated carbocycles. The Morgan fingerprint density at radius 3 is 2.38 bits per heavy atom. The summed E-state index contributed by atoms with van der Waals surface area (Å²) in [6.07, 6.45) is 1.73. The van der Waals surface area contributed by atoms with Gasteiger partial charge in [0.15, 0.2) is 0 Å². The molecule has 0 bridgehead atoms. The van der Waals surface area contributed by atoms with E-state index in [2.05, 4.69) is 29.4 Å². The number of carbonyl (C=O) groups excluding carboxylic acids is 1. The normalized spacial score (nSPS) is 10.8. The Balaban J connectivity index is 3.24. The second kappa shape index (κ2) is 10.9. The maximum atomic E-state index is 11.1. The van der Waals surface area contributed by atoms with E-state index in [0.717, 1.165) is 45.7 Å². The van der Waals surface area contributed by atoms with Crippen LogP contribution in [-0.4, -0.2) is 50.1 Å². The van der Waals surface area contributed by atoms with Crippen molar-refractivity contribution in [3.8, 4) is 0 Å². The summed E-state index contributed by atoms with van der Waals surface area (Å²) in [6, 6.07) is 0. The van der Waals surface area contributed by atoms with Crippen LogP contribution < -0.4 is 10.6 Å². The van der Waals surface area contributed by atoms with Gasteiger partial charge < -0.3 is 15.5 Å². The molecule has 0 spiro atoms. The molecule has 96 valence electrons. The molecule has 4 nitrogen and oxygen atoms in total. The van der Waals surface area contributed by atoms with Gasteiger partial charge in [-0.15, -0.1) is 0 Å². The molecule has 0 saturated heterocycles. The molecular weight excluding hydrogens is 202 g/mol. The van der Waals surface area contributed by atoms with E-state index in [1.165, 1.54) is 0 Å². The average molecular weight is 229 g/mol. The van der Waals surface area contributed by atoms with E-state index in [9.17, 15) is 4.79 Å². The quantitative estimate of drug-likeness (QED) is 0.546. The van der Waals surface area contributed by atoms with Crippen LogP contribution in [-0.2, 0) is 4.79 Å². The minimum Gasteiger partial charge on any atom is -0.356 e. The van der Waals surface area contributed by atoms with Crippen LogP contribution in [0.2, 0.25) is 0 Å². The minimum atomic E-state index is 0.138. The maximum Gasteiger partial charge on any atom is 0.221 e. The molecule has 0 aliphatic heterocycles. The molecule has 0 aromatic rings. The van der Waals surface area contributed by atoms with Gasteiger partial charge in [-0.2, -0.15) is 0 Å². The van der Waals surface area contributed by atoms with Gasteiger partial charge in [-0.05, 0) is 39.5 Å². The Morgan fingerprint density at radius 1 is 1.12 bits per heavy atom. The lowest BCUT2D eigenvalue weighted by molar-refractivity contribution is -0.120. The Labute approximate surface area is 99.8 Å². The van der Waals surface area contributed by atoms with Crippen molar-refractivity contribution in [1.29, 1.82) is 0 Å². The topological polar surface area (TPSA) is 44.4 Å². The summed E-state index contributed by atoms with van der Waals surface area (Å²) in [7, 11) is 0. The lowest BCUT2D eigenvalue weighted by atomic mass is 10.3. The van der Waals surface area contributed by atoms with Crippen LogP contribution in [0.5, 0.6) is 0 Å². The van der Waals surface area contributed by atoms with E-state index in [-0.39, 0.29) is 5.91 Å². The highest BCUT2D eigenvalue weighted by molar-refractivity contribution is 5.75. The summed E-state index contributed by atoms with van der Waals surface area (Å²) in [5, 5.41) is 6.08. The van der Waals surface area contributed by atoms with Crippen LogP contribution in [0.15, 0.2) is 0 Å². The number of nitrogens with zero attached hydrogens (tertiary/aromatic N) is 1. The summed E-state index contributed by atoms with van der Waals surface area (Å²) in [4.78, 5) is 13.5. The molecule has 2 N–H and O–H groups in total. The van der Waals surface area contributed by atoms with Crippen molar-refractivity contribution in [2.75, 3.05) is 39.3 Å². The number of nitrogens with one attached hydrogen (secondary N) is 2. The third kappa shape index (κ3) is 8.68. The summed E-state index contributed by atoms with van der Waals surface area (Å²) in [5.41, 5.74) is 0. The van der Waals surface area contributed by atoms with Crippen LogP contribution >= 0.6 is 0 Å². The SMILES string of the molecule is CCNC(=O)CCNCCCN(CC)CC. The van der Waals surface area contributed by atoms with Crippen molar-refractivity contribution in [2.24, 2.45) is 0 Å². The average Bonchev–Trinajstić information content (AvgIpc) is 2.29. The van der Waals surface area contributed by atoms with Crippen molar-refractivity contribution >= 4 is 5.91 Å². The van der Waals surface area contributed by atoms with Gasteiger partial charge in [-0.1, -0.05) is 13.8 Å². The van der Waals surface area contributed by atoms with Gasteiger partial charge in [0.2, 0.25) is 5.91 Å². The molecule has 0 aliphatic carbocycles. The molecule has 0 atom stereocenters. The zero-order valence-electron chi connectivity index (χ0n) is 11.0. The lowest BCUT2D eigenvalue weighted by Gasteiger charge is -2.17. The third-order valence-corrected chi connectivity index (χ3v) is 2.63. The fourth-order valence-corrected chi connectivity index (χ4v) is 1.58. The fourth-order valence-electron chi connectivity index (χ4n) is 1.58. The van der Waals surface area contributed by atoms with Crippen LogP contribution in [0, 0.1) is 0 Å². The van der Waals surface area contributed by atoms with E-state index in [0.29, 0.717) is 6.42 Å².